The fraction of sp³-hybridized carbons (Fsp3) is 0.222. The third-order valence-electron chi connectivity index (χ3n) is 5.39. The number of benzene rings is 3. The van der Waals surface area contributed by atoms with Gasteiger partial charge in [-0.2, -0.15) is 0 Å². The molecule has 0 aliphatic carbocycles. The molecule has 0 aliphatic heterocycles. The highest BCUT2D eigenvalue weighted by Crippen LogP contribution is 2.19. The van der Waals surface area contributed by atoms with Crippen LogP contribution in [0, 0.1) is 0 Å². The van der Waals surface area contributed by atoms with Crippen LogP contribution in [0.25, 0.3) is 22.3 Å². The zero-order chi connectivity index (χ0) is 23.9. The van der Waals surface area contributed by atoms with Crippen LogP contribution in [0.4, 0.5) is 5.69 Å². The predicted molar refractivity (Wildman–Crippen MR) is 133 cm³/mol. The van der Waals surface area contributed by atoms with Gasteiger partial charge in [0.2, 0.25) is 0 Å². The lowest BCUT2D eigenvalue weighted by molar-refractivity contribution is 0.0505. The van der Waals surface area contributed by atoms with Crippen molar-refractivity contribution in [3.05, 3.63) is 94.8 Å². The molecule has 0 spiro atoms. The topological polar surface area (TPSA) is 93.4 Å². The number of hydrogen-bond donors (Lipinski definition) is 2. The summed E-state index contributed by atoms with van der Waals surface area (Å²) in [5, 5.41) is 14.4. The molecule has 0 fully saturated rings. The van der Waals surface area contributed by atoms with Crippen LogP contribution in [-0.2, 0) is 11.3 Å². The van der Waals surface area contributed by atoms with Crippen molar-refractivity contribution >= 4 is 22.6 Å². The second-order valence-corrected chi connectivity index (χ2v) is 7.98. The molecular formula is C27H27N3O4. The second-order valence-electron chi connectivity index (χ2n) is 7.98. The molecule has 1 unspecified atom stereocenters. The molecule has 0 radical (unpaired) electrons. The summed E-state index contributed by atoms with van der Waals surface area (Å²) in [5.74, 6) is 0.156. The molecule has 0 saturated carbocycles. The number of nitrogens with zero attached hydrogens (tertiary/aromatic N) is 2. The summed E-state index contributed by atoms with van der Waals surface area (Å²) < 4.78 is 6.66. The molecule has 1 aromatic heterocycles. The van der Waals surface area contributed by atoms with Gasteiger partial charge in [0.1, 0.15) is 5.82 Å². The van der Waals surface area contributed by atoms with Gasteiger partial charge in [0.15, 0.2) is 0 Å². The Bertz CT molecular complexity index is 1320. The van der Waals surface area contributed by atoms with Crippen molar-refractivity contribution in [1.82, 2.24) is 9.55 Å². The number of aromatic nitrogens is 2. The summed E-state index contributed by atoms with van der Waals surface area (Å²) in [6, 6.07) is 23.6. The van der Waals surface area contributed by atoms with Crippen LogP contribution in [0.3, 0.4) is 0 Å². The zero-order valence-corrected chi connectivity index (χ0v) is 19.0. The van der Waals surface area contributed by atoms with Gasteiger partial charge in [-0.3, -0.25) is 9.36 Å². The number of aliphatic hydroxyl groups is 1. The SMILES string of the molecule is CCCOC(=O)c1ccc(NCC(O)Cn2c(-c3ccccc3)nc3ccccc3c2=O)cc1. The van der Waals surface area contributed by atoms with E-state index in [4.69, 9.17) is 9.72 Å². The molecular weight excluding hydrogens is 430 g/mol. The maximum atomic E-state index is 13.3. The average molecular weight is 458 g/mol. The molecule has 1 heterocycles. The van der Waals surface area contributed by atoms with E-state index in [1.165, 1.54) is 4.57 Å². The number of anilines is 1. The van der Waals surface area contributed by atoms with E-state index in [1.54, 1.807) is 36.4 Å². The standard InChI is InChI=1S/C27H27N3O4/c1-2-16-34-27(33)20-12-14-21(15-13-20)28-17-22(31)18-30-25(19-8-4-3-5-9-19)29-24-11-7-6-10-23(24)26(30)32/h3-15,22,28,31H,2,16-18H2,1H3. The Balaban J connectivity index is 1.51. The molecule has 4 aromatic rings. The van der Waals surface area contributed by atoms with Crippen molar-refractivity contribution < 1.29 is 14.6 Å². The van der Waals surface area contributed by atoms with E-state index in [2.05, 4.69) is 5.32 Å². The Hall–Kier alpha value is -3.97. The van der Waals surface area contributed by atoms with E-state index in [-0.39, 0.29) is 24.6 Å². The lowest BCUT2D eigenvalue weighted by Gasteiger charge is -2.18. The predicted octanol–water partition coefficient (Wildman–Crippen LogP) is 4.10. The highest BCUT2D eigenvalue weighted by Gasteiger charge is 2.16. The molecule has 2 N–H and O–H groups in total. The number of esters is 1. The van der Waals surface area contributed by atoms with E-state index < -0.39 is 6.10 Å². The molecule has 7 nitrogen and oxygen atoms in total. The minimum absolute atomic E-state index is 0.0787. The van der Waals surface area contributed by atoms with Gasteiger partial charge in [-0.25, -0.2) is 9.78 Å². The minimum Gasteiger partial charge on any atom is -0.462 e. The van der Waals surface area contributed by atoms with E-state index in [1.807, 2.05) is 49.4 Å². The average Bonchev–Trinajstić information content (AvgIpc) is 2.88. The van der Waals surface area contributed by atoms with Crippen LogP contribution < -0.4 is 10.9 Å². The molecule has 7 heteroatoms. The van der Waals surface area contributed by atoms with Crippen LogP contribution in [0.1, 0.15) is 23.7 Å². The van der Waals surface area contributed by atoms with Gasteiger partial charge in [0, 0.05) is 17.8 Å². The van der Waals surface area contributed by atoms with E-state index in [0.29, 0.717) is 28.9 Å². The van der Waals surface area contributed by atoms with Crippen molar-refractivity contribution in [2.75, 3.05) is 18.5 Å². The first-order chi connectivity index (χ1) is 16.6. The van der Waals surface area contributed by atoms with Crippen molar-refractivity contribution in [2.24, 2.45) is 0 Å². The highest BCUT2D eigenvalue weighted by molar-refractivity contribution is 5.89. The monoisotopic (exact) mass is 457 g/mol. The number of rotatable bonds is 9. The van der Waals surface area contributed by atoms with E-state index in [0.717, 1.165) is 17.7 Å². The van der Waals surface area contributed by atoms with Crippen molar-refractivity contribution in [2.45, 2.75) is 26.0 Å². The Morgan fingerprint density at radius 1 is 1.03 bits per heavy atom. The first-order valence-corrected chi connectivity index (χ1v) is 11.3. The number of carbonyl (C=O) groups is 1. The molecule has 4 rings (SSSR count). The first-order valence-electron chi connectivity index (χ1n) is 11.3. The van der Waals surface area contributed by atoms with Crippen LogP contribution in [-0.4, -0.2) is 39.9 Å². The molecule has 0 bridgehead atoms. The molecule has 0 amide bonds. The van der Waals surface area contributed by atoms with Crippen LogP contribution in [0.15, 0.2) is 83.7 Å². The first kappa shape index (κ1) is 23.2. The quantitative estimate of drug-likeness (QED) is 0.368. The van der Waals surface area contributed by atoms with Crippen molar-refractivity contribution in [3.8, 4) is 11.4 Å². The number of aliphatic hydroxyl groups excluding tert-OH is 1. The number of carbonyl (C=O) groups excluding carboxylic acids is 1. The van der Waals surface area contributed by atoms with E-state index in [9.17, 15) is 14.7 Å². The number of ether oxygens (including phenoxy) is 1. The van der Waals surface area contributed by atoms with Gasteiger partial charge in [-0.15, -0.1) is 0 Å². The summed E-state index contributed by atoms with van der Waals surface area (Å²) in [4.78, 5) is 29.9. The van der Waals surface area contributed by atoms with Gasteiger partial charge in [-0.1, -0.05) is 49.4 Å². The fourth-order valence-electron chi connectivity index (χ4n) is 3.66. The third kappa shape index (κ3) is 5.32. The van der Waals surface area contributed by atoms with Gasteiger partial charge in [0.05, 0.1) is 35.7 Å². The maximum absolute atomic E-state index is 13.3. The summed E-state index contributed by atoms with van der Waals surface area (Å²) in [6.45, 7) is 2.62. The fourth-order valence-corrected chi connectivity index (χ4v) is 3.66. The normalized spacial score (nSPS) is 11.8. The number of nitrogens with one attached hydrogen (secondary N) is 1. The highest BCUT2D eigenvalue weighted by atomic mass is 16.5. The lowest BCUT2D eigenvalue weighted by atomic mass is 10.1. The Morgan fingerprint density at radius 2 is 1.74 bits per heavy atom. The van der Waals surface area contributed by atoms with Gasteiger partial charge in [-0.05, 0) is 42.8 Å². The van der Waals surface area contributed by atoms with Gasteiger partial charge in [0.25, 0.3) is 5.56 Å². The lowest BCUT2D eigenvalue weighted by Crippen LogP contribution is -2.32. The summed E-state index contributed by atoms with van der Waals surface area (Å²) >= 11 is 0. The zero-order valence-electron chi connectivity index (χ0n) is 19.0. The molecule has 0 aliphatic rings. The molecule has 174 valence electrons. The number of para-hydroxylation sites is 1. The van der Waals surface area contributed by atoms with Crippen LogP contribution in [0.5, 0.6) is 0 Å². The van der Waals surface area contributed by atoms with Crippen molar-refractivity contribution in [3.63, 3.8) is 0 Å². The summed E-state index contributed by atoms with van der Waals surface area (Å²) in [5.41, 5.74) is 2.45. The Morgan fingerprint density at radius 3 is 2.47 bits per heavy atom. The molecule has 0 saturated heterocycles. The minimum atomic E-state index is -0.850. The van der Waals surface area contributed by atoms with E-state index >= 15 is 0 Å². The van der Waals surface area contributed by atoms with Gasteiger partial charge >= 0.3 is 5.97 Å². The number of fused-ring (bicyclic) bond motifs is 1. The van der Waals surface area contributed by atoms with Gasteiger partial charge < -0.3 is 15.2 Å². The summed E-state index contributed by atoms with van der Waals surface area (Å²) in [7, 11) is 0. The Labute approximate surface area is 197 Å². The summed E-state index contributed by atoms with van der Waals surface area (Å²) in [6.07, 6.45) is -0.0808. The molecule has 34 heavy (non-hydrogen) atoms. The maximum Gasteiger partial charge on any atom is 0.338 e. The second kappa shape index (κ2) is 10.8. The third-order valence-corrected chi connectivity index (χ3v) is 5.39. The molecule has 1 atom stereocenters. The Kier molecular flexibility index (Phi) is 7.34. The van der Waals surface area contributed by atoms with Crippen LogP contribution >= 0.6 is 0 Å². The molecule has 3 aromatic carbocycles. The van der Waals surface area contributed by atoms with Crippen molar-refractivity contribution in [1.29, 1.82) is 0 Å². The smallest absolute Gasteiger partial charge is 0.338 e. The van der Waals surface area contributed by atoms with Crippen LogP contribution in [0.2, 0.25) is 0 Å². The largest absolute Gasteiger partial charge is 0.462 e. The number of hydrogen-bond acceptors (Lipinski definition) is 6.